The zero-order valence-electron chi connectivity index (χ0n) is 12.5. The van der Waals surface area contributed by atoms with Crippen molar-refractivity contribution in [3.05, 3.63) is 0 Å². The molecule has 2 unspecified atom stereocenters. The Morgan fingerprint density at radius 2 is 1.95 bits per heavy atom. The SMILES string of the molecule is CC(C)(C)OC(=O)NC1[C@@H]2C[C@H]3C[C@H]1CC(CI)(C2)N3. The van der Waals surface area contributed by atoms with Crippen LogP contribution in [0.15, 0.2) is 0 Å². The second-order valence-electron chi connectivity index (χ2n) is 7.83. The minimum absolute atomic E-state index is 0.244. The molecule has 4 fully saturated rings. The van der Waals surface area contributed by atoms with Crippen LogP contribution >= 0.6 is 22.6 Å². The highest BCUT2D eigenvalue weighted by Crippen LogP contribution is 2.50. The van der Waals surface area contributed by atoms with Crippen LogP contribution in [0.3, 0.4) is 0 Å². The number of halogens is 1. The molecular weight excluding hydrogens is 367 g/mol. The lowest BCUT2D eigenvalue weighted by atomic mass is 9.57. The fourth-order valence-corrected chi connectivity index (χ4v) is 5.35. The molecule has 4 aliphatic rings. The molecule has 2 saturated heterocycles. The number of alkyl halides is 1. The van der Waals surface area contributed by atoms with E-state index in [4.69, 9.17) is 4.74 Å². The van der Waals surface area contributed by atoms with E-state index in [1.165, 1.54) is 30.1 Å². The number of nitrogens with one attached hydrogen (secondary N) is 2. The fourth-order valence-electron chi connectivity index (χ4n) is 4.51. The molecule has 114 valence electrons. The van der Waals surface area contributed by atoms with Gasteiger partial charge in [-0.25, -0.2) is 4.79 Å². The monoisotopic (exact) mass is 392 g/mol. The van der Waals surface area contributed by atoms with E-state index in [0.29, 0.717) is 29.5 Å². The number of ether oxygens (including phenoxy) is 1. The Bertz CT molecular complexity index is 391. The molecule has 0 radical (unpaired) electrons. The van der Waals surface area contributed by atoms with E-state index >= 15 is 0 Å². The summed E-state index contributed by atoms with van der Waals surface area (Å²) in [4.78, 5) is 12.0. The van der Waals surface area contributed by atoms with Crippen LogP contribution in [0.25, 0.3) is 0 Å². The number of amides is 1. The van der Waals surface area contributed by atoms with E-state index in [9.17, 15) is 4.79 Å². The predicted octanol–water partition coefficient (Wildman–Crippen LogP) is 2.85. The first-order chi connectivity index (χ1) is 9.30. The van der Waals surface area contributed by atoms with Gasteiger partial charge in [0.15, 0.2) is 0 Å². The third kappa shape index (κ3) is 2.80. The molecule has 2 saturated carbocycles. The topological polar surface area (TPSA) is 50.4 Å². The summed E-state index contributed by atoms with van der Waals surface area (Å²) in [6, 6.07) is 0.984. The minimum Gasteiger partial charge on any atom is -0.444 e. The van der Waals surface area contributed by atoms with Gasteiger partial charge in [-0.05, 0) is 58.3 Å². The minimum atomic E-state index is -0.416. The van der Waals surface area contributed by atoms with Gasteiger partial charge in [0.2, 0.25) is 0 Å². The third-order valence-electron chi connectivity index (χ3n) is 4.95. The van der Waals surface area contributed by atoms with Crippen LogP contribution in [0.5, 0.6) is 0 Å². The van der Waals surface area contributed by atoms with E-state index in [0.717, 1.165) is 0 Å². The van der Waals surface area contributed by atoms with Crippen molar-refractivity contribution in [1.29, 1.82) is 0 Å². The number of carbonyl (C=O) groups excluding carboxylic acids is 1. The van der Waals surface area contributed by atoms with Crippen molar-refractivity contribution in [3.8, 4) is 0 Å². The van der Waals surface area contributed by atoms with Crippen molar-refractivity contribution in [2.45, 2.75) is 69.7 Å². The van der Waals surface area contributed by atoms with E-state index < -0.39 is 5.60 Å². The Morgan fingerprint density at radius 1 is 1.35 bits per heavy atom. The number of hydrogen-bond acceptors (Lipinski definition) is 3. The highest BCUT2D eigenvalue weighted by atomic mass is 127. The second kappa shape index (κ2) is 5.00. The highest BCUT2D eigenvalue weighted by molar-refractivity contribution is 14.1. The predicted molar refractivity (Wildman–Crippen MR) is 87.1 cm³/mol. The van der Waals surface area contributed by atoms with Gasteiger partial charge in [0.1, 0.15) is 5.60 Å². The number of piperidine rings is 2. The van der Waals surface area contributed by atoms with Crippen molar-refractivity contribution in [2.24, 2.45) is 11.8 Å². The molecule has 2 aliphatic heterocycles. The Hall–Kier alpha value is -0.0400. The van der Waals surface area contributed by atoms with Crippen LogP contribution in [0.4, 0.5) is 4.79 Å². The third-order valence-corrected chi connectivity index (χ3v) is 6.41. The van der Waals surface area contributed by atoms with Gasteiger partial charge in [-0.1, -0.05) is 22.6 Å². The lowest BCUT2D eigenvalue weighted by Gasteiger charge is -2.60. The summed E-state index contributed by atoms with van der Waals surface area (Å²) >= 11 is 2.51. The Balaban J connectivity index is 1.67. The average Bonchev–Trinajstić information content (AvgIpc) is 2.31. The molecule has 5 heteroatoms. The first kappa shape index (κ1) is 14.9. The molecule has 4 nitrogen and oxygen atoms in total. The Kier molecular flexibility index (Phi) is 3.72. The zero-order valence-corrected chi connectivity index (χ0v) is 14.7. The lowest BCUT2D eigenvalue weighted by molar-refractivity contribution is -0.0246. The first-order valence-corrected chi connectivity index (χ1v) is 9.16. The molecule has 2 N–H and O–H groups in total. The van der Waals surface area contributed by atoms with Gasteiger partial charge in [-0.2, -0.15) is 0 Å². The van der Waals surface area contributed by atoms with Crippen molar-refractivity contribution in [1.82, 2.24) is 10.6 Å². The van der Waals surface area contributed by atoms with Crippen molar-refractivity contribution in [2.75, 3.05) is 4.43 Å². The van der Waals surface area contributed by atoms with E-state index in [1.54, 1.807) is 0 Å². The second-order valence-corrected chi connectivity index (χ2v) is 8.59. The standard InChI is InChI=1S/C15H25IN2O2/c1-14(2,3)20-13(19)17-12-9-4-11-5-10(12)7-15(6-9,8-16)18-11/h9-12,18H,4-8H2,1-3H3,(H,17,19)/t9-,10+,11+,12?,15?. The summed E-state index contributed by atoms with van der Waals surface area (Å²) < 4.78 is 6.60. The van der Waals surface area contributed by atoms with Gasteiger partial charge in [-0.3, -0.25) is 0 Å². The van der Waals surface area contributed by atoms with Crippen LogP contribution in [0.2, 0.25) is 0 Å². The molecule has 0 spiro atoms. The summed E-state index contributed by atoms with van der Waals surface area (Å²) in [6.07, 6.45) is 4.56. The van der Waals surface area contributed by atoms with Gasteiger partial charge in [-0.15, -0.1) is 0 Å². The molecular formula is C15H25IN2O2. The number of alkyl carbamates (subject to hydrolysis) is 1. The molecule has 5 atom stereocenters. The van der Waals surface area contributed by atoms with E-state index in [1.807, 2.05) is 20.8 Å². The average molecular weight is 392 g/mol. The fraction of sp³-hybridized carbons (Fsp3) is 0.933. The van der Waals surface area contributed by atoms with Crippen LogP contribution in [-0.4, -0.2) is 33.7 Å². The summed E-state index contributed by atoms with van der Waals surface area (Å²) in [7, 11) is 0. The number of hydrogen-bond donors (Lipinski definition) is 2. The molecule has 2 heterocycles. The normalized spacial score (nSPS) is 42.6. The van der Waals surface area contributed by atoms with Crippen LogP contribution in [-0.2, 0) is 4.74 Å². The smallest absolute Gasteiger partial charge is 0.407 e. The van der Waals surface area contributed by atoms with Gasteiger partial charge < -0.3 is 15.4 Å². The van der Waals surface area contributed by atoms with Gasteiger partial charge in [0.25, 0.3) is 0 Å². The van der Waals surface area contributed by atoms with Crippen LogP contribution < -0.4 is 10.6 Å². The lowest BCUT2D eigenvalue weighted by Crippen LogP contribution is -2.71. The Labute approximate surface area is 134 Å². The molecule has 0 aromatic heterocycles. The summed E-state index contributed by atoms with van der Waals surface area (Å²) in [6.45, 7) is 5.75. The molecule has 0 aromatic rings. The molecule has 20 heavy (non-hydrogen) atoms. The van der Waals surface area contributed by atoms with Crippen LogP contribution in [0.1, 0.15) is 46.5 Å². The van der Waals surface area contributed by atoms with Crippen molar-refractivity contribution in [3.63, 3.8) is 0 Å². The zero-order chi connectivity index (χ0) is 14.5. The Morgan fingerprint density at radius 3 is 2.45 bits per heavy atom. The maximum Gasteiger partial charge on any atom is 0.407 e. The highest BCUT2D eigenvalue weighted by Gasteiger charge is 2.55. The van der Waals surface area contributed by atoms with Gasteiger partial charge in [0.05, 0.1) is 0 Å². The molecule has 4 bridgehead atoms. The summed E-state index contributed by atoms with van der Waals surface area (Å²) in [5.41, 5.74) is -0.0792. The molecule has 2 aliphatic carbocycles. The van der Waals surface area contributed by atoms with Gasteiger partial charge in [0, 0.05) is 22.1 Å². The maximum atomic E-state index is 12.0. The van der Waals surface area contributed by atoms with Crippen molar-refractivity contribution >= 4 is 28.7 Å². The van der Waals surface area contributed by atoms with Crippen molar-refractivity contribution < 1.29 is 9.53 Å². The summed E-state index contributed by atoms with van der Waals surface area (Å²) in [5.74, 6) is 1.24. The van der Waals surface area contributed by atoms with Crippen LogP contribution in [0, 0.1) is 11.8 Å². The molecule has 4 rings (SSSR count). The largest absolute Gasteiger partial charge is 0.444 e. The van der Waals surface area contributed by atoms with E-state index in [2.05, 4.69) is 33.2 Å². The number of rotatable bonds is 2. The quantitative estimate of drug-likeness (QED) is 0.562. The number of carbonyl (C=O) groups is 1. The molecule has 1 amide bonds. The summed E-state index contributed by atoms with van der Waals surface area (Å²) in [5, 5.41) is 7.01. The molecule has 0 aromatic carbocycles. The van der Waals surface area contributed by atoms with E-state index in [-0.39, 0.29) is 6.09 Å². The van der Waals surface area contributed by atoms with Gasteiger partial charge >= 0.3 is 6.09 Å². The maximum absolute atomic E-state index is 12.0. The first-order valence-electron chi connectivity index (χ1n) is 7.63.